The number of imide groups is 1. The minimum absolute atomic E-state index is 0.232. The summed E-state index contributed by atoms with van der Waals surface area (Å²) in [6, 6.07) is -0.0200. The third-order valence-electron chi connectivity index (χ3n) is 3.13. The van der Waals surface area contributed by atoms with Gasteiger partial charge in [0.05, 0.1) is 6.54 Å². The molecule has 104 valence electrons. The van der Waals surface area contributed by atoms with Crippen molar-refractivity contribution in [2.45, 2.75) is 32.2 Å². The van der Waals surface area contributed by atoms with Crippen LogP contribution in [0.4, 0.5) is 4.79 Å². The molecule has 18 heavy (non-hydrogen) atoms. The monoisotopic (exact) mass is 256 g/mol. The van der Waals surface area contributed by atoms with Gasteiger partial charge in [-0.05, 0) is 33.4 Å². The number of likely N-dealkylation sites (tertiary alicyclic amines) is 1. The van der Waals surface area contributed by atoms with Crippen LogP contribution in [0.5, 0.6) is 0 Å². The third kappa shape index (κ3) is 5.01. The first-order valence-electron chi connectivity index (χ1n) is 6.63. The molecule has 0 aromatic rings. The number of likely N-dealkylation sites (N-methyl/N-ethyl adjacent to an activating group) is 1. The Bertz CT molecular complexity index is 281. The van der Waals surface area contributed by atoms with Gasteiger partial charge in [0.15, 0.2) is 0 Å². The Kier molecular flexibility index (Phi) is 6.67. The van der Waals surface area contributed by atoms with Crippen LogP contribution in [0.25, 0.3) is 0 Å². The number of hydrogen-bond acceptors (Lipinski definition) is 4. The zero-order valence-corrected chi connectivity index (χ0v) is 11.3. The summed E-state index contributed by atoms with van der Waals surface area (Å²) in [5.41, 5.74) is 0. The van der Waals surface area contributed by atoms with Crippen molar-refractivity contribution in [2.24, 2.45) is 0 Å². The number of hydrogen-bond donors (Lipinski definition) is 3. The average molecular weight is 256 g/mol. The number of carbonyl (C=O) groups is 2. The van der Waals surface area contributed by atoms with E-state index < -0.39 is 6.03 Å². The first-order valence-corrected chi connectivity index (χ1v) is 6.63. The molecule has 1 unspecified atom stereocenters. The Balaban J connectivity index is 2.38. The average Bonchev–Trinajstić information content (AvgIpc) is 2.32. The molecule has 1 fully saturated rings. The Labute approximate surface area is 108 Å². The fourth-order valence-electron chi connectivity index (χ4n) is 2.29. The summed E-state index contributed by atoms with van der Waals surface area (Å²) in [5.74, 6) is -0.232. The third-order valence-corrected chi connectivity index (χ3v) is 3.13. The molecule has 1 atom stereocenters. The van der Waals surface area contributed by atoms with E-state index in [1.807, 2.05) is 14.0 Å². The lowest BCUT2D eigenvalue weighted by atomic mass is 10.0. The van der Waals surface area contributed by atoms with Gasteiger partial charge < -0.3 is 10.6 Å². The quantitative estimate of drug-likeness (QED) is 0.642. The smallest absolute Gasteiger partial charge is 0.321 e. The zero-order valence-electron chi connectivity index (χ0n) is 11.3. The predicted octanol–water partition coefficient (Wildman–Crippen LogP) is -0.0940. The van der Waals surface area contributed by atoms with Crippen molar-refractivity contribution in [1.29, 1.82) is 0 Å². The van der Waals surface area contributed by atoms with E-state index in [9.17, 15) is 9.59 Å². The van der Waals surface area contributed by atoms with Crippen LogP contribution in [0.2, 0.25) is 0 Å². The molecule has 1 aliphatic rings. The molecule has 1 aliphatic heterocycles. The van der Waals surface area contributed by atoms with Gasteiger partial charge in [0, 0.05) is 19.1 Å². The largest absolute Gasteiger partial charge is 0.338 e. The molecular formula is C12H24N4O2. The van der Waals surface area contributed by atoms with Crippen molar-refractivity contribution in [3.63, 3.8) is 0 Å². The molecule has 1 rings (SSSR count). The van der Waals surface area contributed by atoms with Crippen molar-refractivity contribution in [2.75, 3.05) is 33.2 Å². The maximum absolute atomic E-state index is 11.7. The molecule has 6 heteroatoms. The molecule has 0 bridgehead atoms. The van der Waals surface area contributed by atoms with E-state index in [1.165, 1.54) is 6.42 Å². The van der Waals surface area contributed by atoms with E-state index in [0.29, 0.717) is 19.1 Å². The number of carbonyl (C=O) groups excluding carboxylic acids is 2. The second-order valence-corrected chi connectivity index (χ2v) is 4.59. The van der Waals surface area contributed by atoms with Gasteiger partial charge in [0.1, 0.15) is 0 Å². The fraction of sp³-hybridized carbons (Fsp3) is 0.833. The molecule has 6 nitrogen and oxygen atoms in total. The van der Waals surface area contributed by atoms with Gasteiger partial charge in [0.25, 0.3) is 0 Å². The van der Waals surface area contributed by atoms with Crippen LogP contribution < -0.4 is 16.0 Å². The van der Waals surface area contributed by atoms with E-state index in [1.54, 1.807) is 0 Å². The zero-order chi connectivity index (χ0) is 13.4. The number of amides is 3. The van der Waals surface area contributed by atoms with Gasteiger partial charge in [-0.1, -0.05) is 6.42 Å². The van der Waals surface area contributed by atoms with E-state index in [4.69, 9.17) is 0 Å². The Morgan fingerprint density at radius 2 is 2.11 bits per heavy atom. The van der Waals surface area contributed by atoms with Gasteiger partial charge in [-0.15, -0.1) is 0 Å². The summed E-state index contributed by atoms with van der Waals surface area (Å²) in [7, 11) is 1.92. The van der Waals surface area contributed by atoms with E-state index in [-0.39, 0.29) is 5.91 Å². The molecule has 0 aromatic heterocycles. The summed E-state index contributed by atoms with van der Waals surface area (Å²) >= 11 is 0. The number of piperidine rings is 1. The highest BCUT2D eigenvalue weighted by Crippen LogP contribution is 2.15. The van der Waals surface area contributed by atoms with Gasteiger partial charge >= 0.3 is 6.03 Å². The van der Waals surface area contributed by atoms with Crippen LogP contribution in [0.15, 0.2) is 0 Å². The highest BCUT2D eigenvalue weighted by Gasteiger charge is 2.23. The number of urea groups is 1. The molecule has 0 aromatic carbocycles. The lowest BCUT2D eigenvalue weighted by Gasteiger charge is -2.34. The van der Waals surface area contributed by atoms with Gasteiger partial charge in [0.2, 0.25) is 5.91 Å². The van der Waals surface area contributed by atoms with E-state index in [2.05, 4.69) is 20.9 Å². The maximum atomic E-state index is 11.7. The molecule has 1 heterocycles. The Hall–Kier alpha value is -1.14. The molecule has 1 saturated heterocycles. The van der Waals surface area contributed by atoms with Crippen molar-refractivity contribution < 1.29 is 9.59 Å². The van der Waals surface area contributed by atoms with Crippen LogP contribution in [0.1, 0.15) is 26.2 Å². The van der Waals surface area contributed by atoms with Crippen molar-refractivity contribution in [1.82, 2.24) is 20.9 Å². The lowest BCUT2D eigenvalue weighted by molar-refractivity contribution is -0.122. The first-order chi connectivity index (χ1) is 8.67. The molecule has 0 saturated carbocycles. The van der Waals surface area contributed by atoms with Crippen LogP contribution in [-0.4, -0.2) is 56.1 Å². The van der Waals surface area contributed by atoms with Crippen molar-refractivity contribution in [3.05, 3.63) is 0 Å². The number of rotatable bonds is 5. The molecule has 0 radical (unpaired) electrons. The fourth-order valence-corrected chi connectivity index (χ4v) is 2.29. The van der Waals surface area contributed by atoms with Crippen molar-refractivity contribution in [3.8, 4) is 0 Å². The maximum Gasteiger partial charge on any atom is 0.321 e. The summed E-state index contributed by atoms with van der Waals surface area (Å²) in [6.07, 6.45) is 3.44. The molecule has 0 spiro atoms. The second kappa shape index (κ2) is 8.05. The van der Waals surface area contributed by atoms with Gasteiger partial charge in [-0.25, -0.2) is 4.79 Å². The van der Waals surface area contributed by atoms with Gasteiger partial charge in [-0.3, -0.25) is 15.0 Å². The standard InChI is InChI=1S/C12H24N4O2/c1-3-14-12(18)15-11(17)9-16-7-5-4-6-10(16)8-13-2/h10,13H,3-9H2,1-2H3,(H2,14,15,17,18). The number of nitrogens with zero attached hydrogens (tertiary/aromatic N) is 1. The summed E-state index contributed by atoms with van der Waals surface area (Å²) < 4.78 is 0. The van der Waals surface area contributed by atoms with E-state index >= 15 is 0 Å². The SMILES string of the molecule is CCNC(=O)NC(=O)CN1CCCCC1CNC. The number of nitrogens with one attached hydrogen (secondary N) is 3. The van der Waals surface area contributed by atoms with Crippen LogP contribution >= 0.6 is 0 Å². The highest BCUT2D eigenvalue weighted by atomic mass is 16.2. The lowest BCUT2D eigenvalue weighted by Crippen LogP contribution is -2.51. The molecule has 3 amide bonds. The second-order valence-electron chi connectivity index (χ2n) is 4.59. The minimum atomic E-state index is -0.412. The first kappa shape index (κ1) is 14.9. The Morgan fingerprint density at radius 1 is 1.33 bits per heavy atom. The molecule has 0 aliphatic carbocycles. The van der Waals surface area contributed by atoms with Crippen molar-refractivity contribution >= 4 is 11.9 Å². The normalized spacial score (nSPS) is 20.4. The highest BCUT2D eigenvalue weighted by molar-refractivity contribution is 5.95. The van der Waals surface area contributed by atoms with Crippen LogP contribution in [0.3, 0.4) is 0 Å². The van der Waals surface area contributed by atoms with Crippen LogP contribution in [0, 0.1) is 0 Å². The van der Waals surface area contributed by atoms with Gasteiger partial charge in [-0.2, -0.15) is 0 Å². The predicted molar refractivity (Wildman–Crippen MR) is 70.4 cm³/mol. The van der Waals surface area contributed by atoms with Crippen LogP contribution in [-0.2, 0) is 4.79 Å². The summed E-state index contributed by atoms with van der Waals surface area (Å²) in [4.78, 5) is 25.1. The minimum Gasteiger partial charge on any atom is -0.338 e. The van der Waals surface area contributed by atoms with E-state index in [0.717, 1.165) is 25.9 Å². The Morgan fingerprint density at radius 3 is 2.78 bits per heavy atom. The summed E-state index contributed by atoms with van der Waals surface area (Å²) in [5, 5.41) is 8.04. The molecule has 3 N–H and O–H groups in total. The molecular weight excluding hydrogens is 232 g/mol. The topological polar surface area (TPSA) is 73.5 Å². The summed E-state index contributed by atoms with van der Waals surface area (Å²) in [6.45, 7) is 4.44.